The number of nitrogens with zero attached hydrogens (tertiary/aromatic N) is 3. The third kappa shape index (κ3) is 4.50. The first kappa shape index (κ1) is 15.4. The summed E-state index contributed by atoms with van der Waals surface area (Å²) in [4.78, 5) is 20.7. The van der Waals surface area contributed by atoms with Crippen LogP contribution in [-0.4, -0.2) is 46.9 Å². The van der Waals surface area contributed by atoms with Gasteiger partial charge in [0.25, 0.3) is 0 Å². The molecule has 1 aromatic carbocycles. The first-order valence-electron chi connectivity index (χ1n) is 7.95. The molecule has 0 unspecified atom stereocenters. The van der Waals surface area contributed by atoms with E-state index in [1.54, 1.807) is 18.3 Å². The summed E-state index contributed by atoms with van der Waals surface area (Å²) in [5, 5.41) is 0. The highest BCUT2D eigenvalue weighted by molar-refractivity contribution is 5.91. The van der Waals surface area contributed by atoms with Crippen LogP contribution in [0.5, 0.6) is 0 Å². The number of hydrogen-bond acceptors (Lipinski definition) is 3. The number of carbonyl (C=O) groups excluding carboxylic acids is 1. The van der Waals surface area contributed by atoms with Gasteiger partial charge < -0.3 is 4.90 Å². The molecule has 1 aliphatic rings. The molecule has 0 bridgehead atoms. The summed E-state index contributed by atoms with van der Waals surface area (Å²) in [7, 11) is 0. The van der Waals surface area contributed by atoms with E-state index in [0.717, 1.165) is 38.4 Å². The normalized spacial score (nSPS) is 15.9. The minimum absolute atomic E-state index is 0.0648. The number of aromatic nitrogens is 1. The lowest BCUT2D eigenvalue weighted by Gasteiger charge is -2.34. The van der Waals surface area contributed by atoms with Crippen molar-refractivity contribution in [1.82, 2.24) is 14.8 Å². The molecule has 118 valence electrons. The molecule has 1 aromatic heterocycles. The Hall–Kier alpha value is -2.46. The lowest BCUT2D eigenvalue weighted by Crippen LogP contribution is -2.47. The highest BCUT2D eigenvalue weighted by atomic mass is 16.2. The summed E-state index contributed by atoms with van der Waals surface area (Å²) >= 11 is 0. The fraction of sp³-hybridized carbons (Fsp3) is 0.263. The second-order valence-corrected chi connectivity index (χ2v) is 5.67. The van der Waals surface area contributed by atoms with Crippen LogP contribution in [0.15, 0.2) is 60.8 Å². The van der Waals surface area contributed by atoms with E-state index in [-0.39, 0.29) is 5.91 Å². The van der Waals surface area contributed by atoms with Gasteiger partial charge in [0.05, 0.1) is 5.69 Å². The Balaban J connectivity index is 1.48. The van der Waals surface area contributed by atoms with Crippen LogP contribution in [0.2, 0.25) is 0 Å². The molecule has 0 aliphatic carbocycles. The fourth-order valence-electron chi connectivity index (χ4n) is 2.70. The predicted octanol–water partition coefficient (Wildman–Crippen LogP) is 2.44. The van der Waals surface area contributed by atoms with Crippen molar-refractivity contribution < 1.29 is 4.79 Å². The second kappa shape index (κ2) is 7.70. The maximum atomic E-state index is 12.2. The Labute approximate surface area is 137 Å². The summed E-state index contributed by atoms with van der Waals surface area (Å²) < 4.78 is 0. The van der Waals surface area contributed by atoms with Gasteiger partial charge in [0.15, 0.2) is 0 Å². The maximum Gasteiger partial charge on any atom is 0.246 e. The van der Waals surface area contributed by atoms with Crippen LogP contribution < -0.4 is 0 Å². The molecule has 2 aromatic rings. The van der Waals surface area contributed by atoms with Crippen LogP contribution in [0.4, 0.5) is 0 Å². The molecule has 4 nitrogen and oxygen atoms in total. The zero-order valence-electron chi connectivity index (χ0n) is 13.1. The van der Waals surface area contributed by atoms with Crippen molar-refractivity contribution in [2.24, 2.45) is 0 Å². The van der Waals surface area contributed by atoms with Gasteiger partial charge in [-0.3, -0.25) is 14.7 Å². The summed E-state index contributed by atoms with van der Waals surface area (Å²) in [6.07, 6.45) is 5.13. The van der Waals surface area contributed by atoms with Crippen LogP contribution in [0, 0.1) is 0 Å². The van der Waals surface area contributed by atoms with Crippen molar-refractivity contribution in [2.75, 3.05) is 26.2 Å². The number of rotatable bonds is 4. The van der Waals surface area contributed by atoms with Gasteiger partial charge in [-0.05, 0) is 23.8 Å². The van der Waals surface area contributed by atoms with E-state index in [2.05, 4.69) is 34.1 Å². The molecule has 2 heterocycles. The van der Waals surface area contributed by atoms with Crippen LogP contribution >= 0.6 is 0 Å². The number of pyridine rings is 1. The van der Waals surface area contributed by atoms with E-state index in [1.165, 1.54) is 5.56 Å². The molecule has 1 amide bonds. The Morgan fingerprint density at radius 3 is 2.43 bits per heavy atom. The number of benzene rings is 1. The SMILES string of the molecule is O=C(/C=C/c1ccccn1)N1CCN(Cc2ccccc2)CC1. The third-order valence-electron chi connectivity index (χ3n) is 4.02. The largest absolute Gasteiger partial charge is 0.337 e. The number of piperazine rings is 1. The van der Waals surface area contributed by atoms with Gasteiger partial charge in [-0.25, -0.2) is 0 Å². The van der Waals surface area contributed by atoms with Gasteiger partial charge in [-0.1, -0.05) is 36.4 Å². The summed E-state index contributed by atoms with van der Waals surface area (Å²) in [6, 6.07) is 16.1. The van der Waals surface area contributed by atoms with E-state index in [4.69, 9.17) is 0 Å². The van der Waals surface area contributed by atoms with E-state index in [1.807, 2.05) is 29.2 Å². The van der Waals surface area contributed by atoms with Crippen molar-refractivity contribution in [3.8, 4) is 0 Å². The number of hydrogen-bond donors (Lipinski definition) is 0. The maximum absolute atomic E-state index is 12.2. The fourth-order valence-corrected chi connectivity index (χ4v) is 2.70. The molecule has 1 fully saturated rings. The lowest BCUT2D eigenvalue weighted by atomic mass is 10.2. The molecular weight excluding hydrogens is 286 g/mol. The van der Waals surface area contributed by atoms with Gasteiger partial charge in [0.2, 0.25) is 5.91 Å². The van der Waals surface area contributed by atoms with E-state index in [9.17, 15) is 4.79 Å². The zero-order chi connectivity index (χ0) is 15.9. The summed E-state index contributed by atoms with van der Waals surface area (Å²) in [6.45, 7) is 4.33. The number of carbonyl (C=O) groups is 1. The van der Waals surface area contributed by atoms with Gasteiger partial charge >= 0.3 is 0 Å². The van der Waals surface area contributed by atoms with Crippen molar-refractivity contribution in [3.05, 3.63) is 72.1 Å². The van der Waals surface area contributed by atoms with E-state index < -0.39 is 0 Å². The predicted molar refractivity (Wildman–Crippen MR) is 91.6 cm³/mol. The molecular formula is C19H21N3O. The number of amides is 1. The summed E-state index contributed by atoms with van der Waals surface area (Å²) in [5.41, 5.74) is 2.13. The van der Waals surface area contributed by atoms with Crippen LogP contribution in [0.25, 0.3) is 6.08 Å². The molecule has 1 aliphatic heterocycles. The van der Waals surface area contributed by atoms with E-state index in [0.29, 0.717) is 0 Å². The third-order valence-corrected chi connectivity index (χ3v) is 4.02. The average Bonchev–Trinajstić information content (AvgIpc) is 2.62. The lowest BCUT2D eigenvalue weighted by molar-refractivity contribution is -0.127. The van der Waals surface area contributed by atoms with Crippen molar-refractivity contribution >= 4 is 12.0 Å². The second-order valence-electron chi connectivity index (χ2n) is 5.67. The highest BCUT2D eigenvalue weighted by Crippen LogP contribution is 2.09. The molecule has 0 saturated carbocycles. The van der Waals surface area contributed by atoms with Crippen LogP contribution in [0.1, 0.15) is 11.3 Å². The summed E-state index contributed by atoms with van der Waals surface area (Å²) in [5.74, 6) is 0.0648. The molecule has 4 heteroatoms. The monoisotopic (exact) mass is 307 g/mol. The highest BCUT2D eigenvalue weighted by Gasteiger charge is 2.19. The average molecular weight is 307 g/mol. The van der Waals surface area contributed by atoms with Crippen LogP contribution in [-0.2, 0) is 11.3 Å². The standard InChI is InChI=1S/C19H21N3O/c23-19(10-9-18-8-4-5-11-20-18)22-14-12-21(13-15-22)16-17-6-2-1-3-7-17/h1-11H,12-16H2/b10-9+. The smallest absolute Gasteiger partial charge is 0.246 e. The van der Waals surface area contributed by atoms with Gasteiger partial charge in [0, 0.05) is 45.0 Å². The van der Waals surface area contributed by atoms with Crippen molar-refractivity contribution in [3.63, 3.8) is 0 Å². The molecule has 23 heavy (non-hydrogen) atoms. The van der Waals surface area contributed by atoms with Gasteiger partial charge in [0.1, 0.15) is 0 Å². The molecule has 0 radical (unpaired) electrons. The van der Waals surface area contributed by atoms with Crippen molar-refractivity contribution in [2.45, 2.75) is 6.54 Å². The molecule has 3 rings (SSSR count). The Morgan fingerprint density at radius 1 is 1.00 bits per heavy atom. The minimum Gasteiger partial charge on any atom is -0.337 e. The molecule has 0 spiro atoms. The topological polar surface area (TPSA) is 36.4 Å². The first-order chi connectivity index (χ1) is 11.3. The quantitative estimate of drug-likeness (QED) is 0.814. The van der Waals surface area contributed by atoms with Gasteiger partial charge in [-0.2, -0.15) is 0 Å². The van der Waals surface area contributed by atoms with Gasteiger partial charge in [-0.15, -0.1) is 0 Å². The molecule has 0 atom stereocenters. The molecule has 1 saturated heterocycles. The Morgan fingerprint density at radius 2 is 1.74 bits per heavy atom. The van der Waals surface area contributed by atoms with Crippen molar-refractivity contribution in [1.29, 1.82) is 0 Å². The van der Waals surface area contributed by atoms with Crippen LogP contribution in [0.3, 0.4) is 0 Å². The first-order valence-corrected chi connectivity index (χ1v) is 7.95. The Kier molecular flexibility index (Phi) is 5.17. The Bertz CT molecular complexity index is 647. The van der Waals surface area contributed by atoms with E-state index >= 15 is 0 Å². The minimum atomic E-state index is 0.0648. The zero-order valence-corrected chi connectivity index (χ0v) is 13.1. The molecule has 0 N–H and O–H groups in total.